The largest absolute Gasteiger partial charge is 0.307 e. The molecule has 3 heterocycles. The smallest absolute Gasteiger partial charge is 0.257 e. The van der Waals surface area contributed by atoms with E-state index in [0.29, 0.717) is 0 Å². The number of nitrogens with zero attached hydrogens (tertiary/aromatic N) is 4. The summed E-state index contributed by atoms with van der Waals surface area (Å²) in [5.41, 5.74) is 2.97. The first-order chi connectivity index (χ1) is 9.13. The van der Waals surface area contributed by atoms with Crippen molar-refractivity contribution in [2.75, 3.05) is 0 Å². The Bertz CT molecular complexity index is 570. The quantitative estimate of drug-likeness (QED) is 0.931. The van der Waals surface area contributed by atoms with E-state index in [1.165, 1.54) is 22.2 Å². The molecule has 0 amide bonds. The minimum absolute atomic E-state index is 0.369. The summed E-state index contributed by atoms with van der Waals surface area (Å²) in [7, 11) is 0. The van der Waals surface area contributed by atoms with E-state index in [1.807, 2.05) is 6.20 Å². The van der Waals surface area contributed by atoms with Gasteiger partial charge >= 0.3 is 0 Å². The lowest BCUT2D eigenvalue weighted by molar-refractivity contribution is 0.121. The number of aromatic nitrogens is 4. The molecule has 0 radical (unpaired) electrons. The molecule has 0 unspecified atom stereocenters. The average Bonchev–Trinajstić information content (AvgIpc) is 2.98. The zero-order chi connectivity index (χ0) is 13.4. The molecule has 3 rings (SSSR count). The number of halogens is 2. The van der Waals surface area contributed by atoms with E-state index >= 15 is 0 Å². The second kappa shape index (κ2) is 4.93. The highest BCUT2D eigenvalue weighted by Gasteiger charge is 2.17. The SMILES string of the molecule is Cc1c(Sn2cc3c(n2)CNC3)cnn1CC(F)F. The van der Waals surface area contributed by atoms with Crippen LogP contribution in [0.15, 0.2) is 17.3 Å². The number of hydrogen-bond acceptors (Lipinski definition) is 4. The number of fused-ring (bicyclic) bond motifs is 1. The minimum atomic E-state index is -2.39. The van der Waals surface area contributed by atoms with E-state index in [9.17, 15) is 8.78 Å². The van der Waals surface area contributed by atoms with E-state index in [1.54, 1.807) is 17.2 Å². The maximum atomic E-state index is 12.4. The zero-order valence-electron chi connectivity index (χ0n) is 10.3. The summed E-state index contributed by atoms with van der Waals surface area (Å²) in [5, 5.41) is 11.6. The van der Waals surface area contributed by atoms with Crippen LogP contribution in [0.25, 0.3) is 0 Å². The average molecular weight is 285 g/mol. The van der Waals surface area contributed by atoms with Crippen molar-refractivity contribution in [3.63, 3.8) is 0 Å². The van der Waals surface area contributed by atoms with Crippen LogP contribution in [0.1, 0.15) is 17.0 Å². The Morgan fingerprint density at radius 3 is 3.05 bits per heavy atom. The topological polar surface area (TPSA) is 47.7 Å². The molecule has 0 bridgehead atoms. The van der Waals surface area contributed by atoms with E-state index in [0.717, 1.165) is 29.4 Å². The summed E-state index contributed by atoms with van der Waals surface area (Å²) in [4.78, 5) is 0.842. The van der Waals surface area contributed by atoms with Crippen molar-refractivity contribution in [1.29, 1.82) is 0 Å². The number of alkyl halides is 2. The third kappa shape index (κ3) is 2.50. The van der Waals surface area contributed by atoms with Crippen molar-refractivity contribution in [2.45, 2.75) is 37.9 Å². The standard InChI is InChI=1S/C11H13F2N5S/c1-7-10(4-15-17(7)6-11(12)13)19-18-5-8-2-14-3-9(8)16-18/h4-5,11,14H,2-3,6H2,1H3. The van der Waals surface area contributed by atoms with Crippen LogP contribution in [0, 0.1) is 6.92 Å². The lowest BCUT2D eigenvalue weighted by Crippen LogP contribution is -2.09. The summed E-state index contributed by atoms with van der Waals surface area (Å²) in [6.45, 7) is 3.04. The molecule has 2 aromatic heterocycles. The van der Waals surface area contributed by atoms with Crippen LogP contribution in [0.4, 0.5) is 8.78 Å². The van der Waals surface area contributed by atoms with Gasteiger partial charge < -0.3 is 5.32 Å². The van der Waals surface area contributed by atoms with Gasteiger partial charge in [-0.25, -0.2) is 12.9 Å². The Morgan fingerprint density at radius 2 is 2.32 bits per heavy atom. The molecule has 2 aromatic rings. The lowest BCUT2D eigenvalue weighted by atomic mass is 10.3. The second-order valence-corrected chi connectivity index (χ2v) is 5.36. The number of rotatable bonds is 4. The highest BCUT2D eigenvalue weighted by atomic mass is 32.2. The minimum Gasteiger partial charge on any atom is -0.307 e. The van der Waals surface area contributed by atoms with Gasteiger partial charge in [0.25, 0.3) is 6.43 Å². The third-order valence-electron chi connectivity index (χ3n) is 3.03. The predicted molar refractivity (Wildman–Crippen MR) is 67.0 cm³/mol. The van der Waals surface area contributed by atoms with E-state index in [4.69, 9.17) is 0 Å². The first kappa shape index (κ1) is 12.6. The van der Waals surface area contributed by atoms with Gasteiger partial charge in [0.15, 0.2) is 0 Å². The van der Waals surface area contributed by atoms with Gasteiger partial charge in [-0.1, -0.05) is 0 Å². The van der Waals surface area contributed by atoms with Crippen LogP contribution < -0.4 is 5.32 Å². The molecule has 1 aliphatic heterocycles. The van der Waals surface area contributed by atoms with Crippen LogP contribution in [0.3, 0.4) is 0 Å². The molecule has 102 valence electrons. The summed E-state index contributed by atoms with van der Waals surface area (Å²) in [6, 6.07) is 0. The Balaban J connectivity index is 1.77. The van der Waals surface area contributed by atoms with Gasteiger partial charge in [-0.3, -0.25) is 4.68 Å². The van der Waals surface area contributed by atoms with Gasteiger partial charge in [-0.15, -0.1) is 0 Å². The van der Waals surface area contributed by atoms with E-state index in [-0.39, 0.29) is 6.54 Å². The van der Waals surface area contributed by atoms with Crippen LogP contribution in [0.5, 0.6) is 0 Å². The molecule has 0 fully saturated rings. The Morgan fingerprint density at radius 1 is 1.47 bits per heavy atom. The second-order valence-electron chi connectivity index (χ2n) is 4.37. The molecular weight excluding hydrogens is 272 g/mol. The van der Waals surface area contributed by atoms with Crippen LogP contribution in [-0.2, 0) is 19.6 Å². The molecule has 0 saturated carbocycles. The van der Waals surface area contributed by atoms with Gasteiger partial charge in [0.2, 0.25) is 0 Å². The molecule has 1 aliphatic rings. The number of nitrogens with one attached hydrogen (secondary N) is 1. The van der Waals surface area contributed by atoms with Crippen molar-refractivity contribution in [1.82, 2.24) is 24.3 Å². The lowest BCUT2D eigenvalue weighted by Gasteiger charge is -2.04. The molecule has 0 spiro atoms. The monoisotopic (exact) mass is 285 g/mol. The normalized spacial score (nSPS) is 14.3. The highest BCUT2D eigenvalue weighted by molar-refractivity contribution is 7.97. The summed E-state index contributed by atoms with van der Waals surface area (Å²) < 4.78 is 27.8. The van der Waals surface area contributed by atoms with Crippen molar-refractivity contribution < 1.29 is 8.78 Å². The van der Waals surface area contributed by atoms with E-state index in [2.05, 4.69) is 15.5 Å². The molecule has 0 atom stereocenters. The van der Waals surface area contributed by atoms with Gasteiger partial charge in [0.05, 0.1) is 22.5 Å². The van der Waals surface area contributed by atoms with Crippen molar-refractivity contribution in [3.05, 3.63) is 29.3 Å². The number of hydrogen-bond donors (Lipinski definition) is 1. The Hall–Kier alpha value is -1.41. The molecule has 8 heteroatoms. The molecular formula is C11H13F2N5S. The van der Waals surface area contributed by atoms with Crippen molar-refractivity contribution in [3.8, 4) is 0 Å². The summed E-state index contributed by atoms with van der Waals surface area (Å²) in [5.74, 6) is 0. The van der Waals surface area contributed by atoms with Crippen LogP contribution >= 0.6 is 11.9 Å². The Kier molecular flexibility index (Phi) is 3.28. The van der Waals surface area contributed by atoms with Gasteiger partial charge in [0.1, 0.15) is 6.54 Å². The van der Waals surface area contributed by atoms with Crippen LogP contribution in [-0.4, -0.2) is 25.4 Å². The third-order valence-corrected chi connectivity index (χ3v) is 4.00. The van der Waals surface area contributed by atoms with Crippen molar-refractivity contribution in [2.24, 2.45) is 0 Å². The van der Waals surface area contributed by atoms with Gasteiger partial charge in [0, 0.05) is 36.8 Å². The molecule has 1 N–H and O–H groups in total. The molecule has 5 nitrogen and oxygen atoms in total. The molecule has 0 aromatic carbocycles. The molecule has 0 saturated heterocycles. The summed E-state index contributed by atoms with van der Waals surface area (Å²) >= 11 is 1.40. The first-order valence-electron chi connectivity index (χ1n) is 5.90. The highest BCUT2D eigenvalue weighted by Crippen LogP contribution is 2.25. The fourth-order valence-electron chi connectivity index (χ4n) is 2.01. The molecule has 0 aliphatic carbocycles. The summed E-state index contributed by atoms with van der Waals surface area (Å²) in [6.07, 6.45) is 1.17. The van der Waals surface area contributed by atoms with Gasteiger partial charge in [-0.05, 0) is 6.92 Å². The maximum Gasteiger partial charge on any atom is 0.257 e. The fraction of sp³-hybridized carbons (Fsp3) is 0.455. The predicted octanol–water partition coefficient (Wildman–Crippen LogP) is 1.81. The zero-order valence-corrected chi connectivity index (χ0v) is 11.1. The molecule has 19 heavy (non-hydrogen) atoms. The fourth-order valence-corrected chi connectivity index (χ4v) is 2.87. The van der Waals surface area contributed by atoms with Gasteiger partial charge in [-0.2, -0.15) is 10.2 Å². The Labute approximate surface area is 113 Å². The first-order valence-corrected chi connectivity index (χ1v) is 6.68. The van der Waals surface area contributed by atoms with E-state index < -0.39 is 6.43 Å². The van der Waals surface area contributed by atoms with Crippen LogP contribution in [0.2, 0.25) is 0 Å². The van der Waals surface area contributed by atoms with Crippen molar-refractivity contribution >= 4 is 11.9 Å². The maximum absolute atomic E-state index is 12.4.